The Balaban J connectivity index is 1.03. The van der Waals surface area contributed by atoms with E-state index < -0.39 is 0 Å². The Morgan fingerprint density at radius 2 is 1.70 bits per heavy atom. The van der Waals surface area contributed by atoms with Crippen LogP contribution in [0.3, 0.4) is 0 Å². The monoisotopic (exact) mass is 550 g/mol. The van der Waals surface area contributed by atoms with Gasteiger partial charge in [-0.15, -0.1) is 0 Å². The second-order valence-electron chi connectivity index (χ2n) is 15.0. The summed E-state index contributed by atoms with van der Waals surface area (Å²) in [5, 5.41) is 22.2. The molecule has 6 rings (SSSR count). The van der Waals surface area contributed by atoms with Gasteiger partial charge in [-0.05, 0) is 110 Å². The number of aliphatic hydroxyl groups excluding tert-OH is 2. The maximum absolute atomic E-state index is 13.2. The van der Waals surface area contributed by atoms with Crippen LogP contribution in [0.5, 0.6) is 0 Å². The fraction of sp³-hybridized carbons (Fsp3) is 0.800. The molecule has 1 saturated heterocycles. The number of amides is 1. The molecule has 2 N–H and O–H groups in total. The minimum Gasteiger partial charge on any atom is -0.393 e. The lowest BCUT2D eigenvalue weighted by atomic mass is 9.43. The first kappa shape index (κ1) is 28.7. The van der Waals surface area contributed by atoms with Gasteiger partial charge >= 0.3 is 0 Å². The number of hydrogen-bond acceptors (Lipinski definition) is 4. The van der Waals surface area contributed by atoms with Crippen molar-refractivity contribution in [1.82, 2.24) is 9.80 Å². The molecule has 5 fully saturated rings. The molecule has 10 atom stereocenters. The van der Waals surface area contributed by atoms with Gasteiger partial charge in [0, 0.05) is 39.1 Å². The van der Waals surface area contributed by atoms with Crippen molar-refractivity contribution in [1.29, 1.82) is 0 Å². The highest BCUT2D eigenvalue weighted by molar-refractivity contribution is 5.76. The van der Waals surface area contributed by atoms with E-state index in [0.29, 0.717) is 41.9 Å². The van der Waals surface area contributed by atoms with E-state index in [1.165, 1.54) is 31.2 Å². The van der Waals surface area contributed by atoms with Crippen LogP contribution in [0, 0.1) is 46.3 Å². The number of carbonyl (C=O) groups excluding carboxylic acids is 1. The number of piperazine rings is 1. The lowest BCUT2D eigenvalue weighted by molar-refractivity contribution is -0.175. The average Bonchev–Trinajstić information content (AvgIpc) is 3.32. The summed E-state index contributed by atoms with van der Waals surface area (Å²) in [5.74, 6) is 3.83. The van der Waals surface area contributed by atoms with E-state index in [9.17, 15) is 15.0 Å². The second-order valence-corrected chi connectivity index (χ2v) is 15.0. The molecule has 1 aromatic rings. The minimum atomic E-state index is -0.246. The highest BCUT2D eigenvalue weighted by atomic mass is 16.3. The summed E-state index contributed by atoms with van der Waals surface area (Å²) in [5.41, 5.74) is 1.60. The fourth-order valence-electron chi connectivity index (χ4n) is 10.9. The van der Waals surface area contributed by atoms with Gasteiger partial charge in [0.2, 0.25) is 5.91 Å². The van der Waals surface area contributed by atoms with Gasteiger partial charge in [-0.2, -0.15) is 0 Å². The van der Waals surface area contributed by atoms with Crippen LogP contribution in [-0.2, 0) is 11.3 Å². The van der Waals surface area contributed by atoms with E-state index in [-0.39, 0.29) is 23.0 Å². The second kappa shape index (κ2) is 11.3. The summed E-state index contributed by atoms with van der Waals surface area (Å²) in [6, 6.07) is 10.6. The Hall–Kier alpha value is -1.43. The highest BCUT2D eigenvalue weighted by Gasteiger charge is 2.63. The third kappa shape index (κ3) is 5.07. The summed E-state index contributed by atoms with van der Waals surface area (Å²) in [7, 11) is 0. The van der Waals surface area contributed by atoms with Gasteiger partial charge in [-0.1, -0.05) is 51.1 Å². The molecular formula is C35H54N2O3. The Labute approximate surface area is 242 Å². The third-order valence-electron chi connectivity index (χ3n) is 13.3. The topological polar surface area (TPSA) is 64.0 Å². The first-order chi connectivity index (χ1) is 19.2. The zero-order valence-electron chi connectivity index (χ0n) is 25.3. The lowest BCUT2D eigenvalue weighted by Crippen LogP contribution is -2.58. The van der Waals surface area contributed by atoms with Gasteiger partial charge in [0.25, 0.3) is 0 Å². The first-order valence-electron chi connectivity index (χ1n) is 16.6. The van der Waals surface area contributed by atoms with Crippen molar-refractivity contribution in [2.24, 2.45) is 46.3 Å². The van der Waals surface area contributed by atoms with Crippen molar-refractivity contribution in [2.75, 3.05) is 26.2 Å². The van der Waals surface area contributed by atoms with Crippen molar-refractivity contribution in [2.45, 2.75) is 104 Å². The van der Waals surface area contributed by atoms with Crippen molar-refractivity contribution < 1.29 is 15.0 Å². The minimum absolute atomic E-state index is 0.0237. The van der Waals surface area contributed by atoms with Crippen molar-refractivity contribution in [3.05, 3.63) is 35.9 Å². The maximum Gasteiger partial charge on any atom is 0.222 e. The zero-order valence-corrected chi connectivity index (χ0v) is 25.3. The summed E-state index contributed by atoms with van der Waals surface area (Å²) >= 11 is 0. The zero-order chi connectivity index (χ0) is 28.1. The van der Waals surface area contributed by atoms with Crippen molar-refractivity contribution >= 4 is 5.91 Å². The number of carbonyl (C=O) groups is 1. The van der Waals surface area contributed by atoms with Crippen LogP contribution in [0.1, 0.15) is 90.5 Å². The molecule has 222 valence electrons. The number of rotatable bonds is 6. The molecule has 1 amide bonds. The Morgan fingerprint density at radius 1 is 0.950 bits per heavy atom. The number of aliphatic hydroxyl groups is 2. The molecule has 5 nitrogen and oxygen atoms in total. The van der Waals surface area contributed by atoms with Gasteiger partial charge in [-0.3, -0.25) is 9.69 Å². The fourth-order valence-corrected chi connectivity index (χ4v) is 10.9. The van der Waals surface area contributed by atoms with E-state index in [2.05, 4.69) is 60.9 Å². The van der Waals surface area contributed by atoms with E-state index in [1.807, 2.05) is 0 Å². The molecule has 4 aliphatic carbocycles. The van der Waals surface area contributed by atoms with Gasteiger partial charge in [0.15, 0.2) is 0 Å². The van der Waals surface area contributed by atoms with Gasteiger partial charge in [-0.25, -0.2) is 0 Å². The van der Waals surface area contributed by atoms with Crippen LogP contribution in [0.25, 0.3) is 0 Å². The van der Waals surface area contributed by atoms with Crippen LogP contribution < -0.4 is 0 Å². The molecule has 0 unspecified atom stereocenters. The predicted molar refractivity (Wildman–Crippen MR) is 159 cm³/mol. The smallest absolute Gasteiger partial charge is 0.222 e. The van der Waals surface area contributed by atoms with E-state index in [0.717, 1.165) is 70.7 Å². The first-order valence-corrected chi connectivity index (χ1v) is 16.6. The largest absolute Gasteiger partial charge is 0.393 e. The van der Waals surface area contributed by atoms with Gasteiger partial charge < -0.3 is 15.1 Å². The summed E-state index contributed by atoms with van der Waals surface area (Å²) < 4.78 is 0. The number of hydrogen-bond donors (Lipinski definition) is 2. The number of nitrogens with zero attached hydrogens (tertiary/aromatic N) is 2. The summed E-state index contributed by atoms with van der Waals surface area (Å²) in [4.78, 5) is 17.8. The van der Waals surface area contributed by atoms with E-state index in [4.69, 9.17) is 0 Å². The summed E-state index contributed by atoms with van der Waals surface area (Å²) in [6.45, 7) is 11.8. The molecule has 0 radical (unpaired) electrons. The average molecular weight is 551 g/mol. The molecule has 0 bridgehead atoms. The van der Waals surface area contributed by atoms with Crippen LogP contribution in [0.2, 0.25) is 0 Å². The number of benzene rings is 1. The lowest BCUT2D eigenvalue weighted by Gasteiger charge is -2.62. The molecule has 0 spiro atoms. The van der Waals surface area contributed by atoms with E-state index >= 15 is 0 Å². The molecule has 5 aliphatic rings. The van der Waals surface area contributed by atoms with Crippen LogP contribution in [0.15, 0.2) is 30.3 Å². The Bertz CT molecular complexity index is 1020. The molecule has 4 saturated carbocycles. The highest BCUT2D eigenvalue weighted by Crippen LogP contribution is 2.68. The van der Waals surface area contributed by atoms with Crippen LogP contribution in [0.4, 0.5) is 0 Å². The molecule has 1 heterocycles. The van der Waals surface area contributed by atoms with Crippen LogP contribution in [-0.4, -0.2) is 64.3 Å². The van der Waals surface area contributed by atoms with E-state index in [1.54, 1.807) is 0 Å². The normalized spacial score (nSPS) is 42.5. The maximum atomic E-state index is 13.2. The molecule has 1 aliphatic heterocycles. The molecule has 40 heavy (non-hydrogen) atoms. The third-order valence-corrected chi connectivity index (χ3v) is 13.3. The summed E-state index contributed by atoms with van der Waals surface area (Å²) in [6.07, 6.45) is 10.2. The quantitative estimate of drug-likeness (QED) is 0.474. The predicted octanol–water partition coefficient (Wildman–Crippen LogP) is 5.74. The van der Waals surface area contributed by atoms with Crippen molar-refractivity contribution in [3.63, 3.8) is 0 Å². The molecular weight excluding hydrogens is 496 g/mol. The van der Waals surface area contributed by atoms with Crippen LogP contribution >= 0.6 is 0 Å². The molecule has 1 aromatic carbocycles. The molecule has 0 aromatic heterocycles. The number of fused-ring (bicyclic) bond motifs is 5. The van der Waals surface area contributed by atoms with Crippen molar-refractivity contribution in [3.8, 4) is 0 Å². The van der Waals surface area contributed by atoms with Gasteiger partial charge in [0.05, 0.1) is 12.2 Å². The Kier molecular flexibility index (Phi) is 8.13. The Morgan fingerprint density at radius 3 is 2.45 bits per heavy atom. The van der Waals surface area contributed by atoms with Gasteiger partial charge in [0.1, 0.15) is 0 Å². The SMILES string of the molecule is C[C@H](CCC(=O)N1CCN(Cc2ccccc2)CC1)[C@@H]1CC[C@@H]2[C@@H]3CC[C@H]4C[C@H](O)CC[C@]4(C)[C@@H]3C[C@H](O)[C@@]21C. The molecule has 5 heteroatoms. The standard InChI is InChI=1S/C35H54N2O3/c1-24(9-14-33(40)37-19-17-36(18-20-37)23-25-7-5-4-6-8-25)29-12-13-30-28-11-10-26-21-27(38)15-16-34(26,2)31(28)22-32(39)35(29,30)3/h4-8,24,26-32,38-39H,9-23H2,1-3H3/t24-,26+,27-,28+,29+,30-,31-,32+,34+,35-/m1/s1.